The molecule has 2 saturated heterocycles. The van der Waals surface area contributed by atoms with Crippen molar-refractivity contribution in [3.63, 3.8) is 0 Å². The Morgan fingerprint density at radius 3 is 2.57 bits per heavy atom. The van der Waals surface area contributed by atoms with E-state index < -0.39 is 6.09 Å². The van der Waals surface area contributed by atoms with E-state index in [-0.39, 0.29) is 29.3 Å². The molecule has 3 aliphatic rings. The number of carbonyl (C=O) groups excluding carboxylic acids is 1. The van der Waals surface area contributed by atoms with Crippen molar-refractivity contribution in [2.75, 3.05) is 26.3 Å². The minimum absolute atomic E-state index is 0.0888. The van der Waals surface area contributed by atoms with Crippen LogP contribution in [0.2, 0.25) is 5.02 Å². The molecule has 3 heterocycles. The summed E-state index contributed by atoms with van der Waals surface area (Å²) in [6.45, 7) is 8.76. The molecule has 0 aliphatic carbocycles. The van der Waals surface area contributed by atoms with Gasteiger partial charge in [0.05, 0.1) is 24.6 Å². The summed E-state index contributed by atoms with van der Waals surface area (Å²) in [5, 5.41) is 10.4. The van der Waals surface area contributed by atoms with E-state index in [0.29, 0.717) is 31.3 Å². The number of carboxylic acid groups (broad SMARTS) is 1. The summed E-state index contributed by atoms with van der Waals surface area (Å²) in [4.78, 5) is 28.9. The number of halogens is 1. The molecule has 1 aromatic rings. The first kappa shape index (κ1) is 21.4. The number of likely N-dealkylation sites (tertiary alicyclic amines) is 1. The Bertz CT molecular complexity index is 844. The zero-order chi connectivity index (χ0) is 21.6. The van der Waals surface area contributed by atoms with Gasteiger partial charge < -0.3 is 19.6 Å². The van der Waals surface area contributed by atoms with E-state index in [1.165, 1.54) is 4.90 Å². The summed E-state index contributed by atoms with van der Waals surface area (Å²) in [5.74, 6) is 0.0645. The Morgan fingerprint density at radius 1 is 1.17 bits per heavy atom. The summed E-state index contributed by atoms with van der Waals surface area (Å²) >= 11 is 6.49. The van der Waals surface area contributed by atoms with Gasteiger partial charge in [-0.1, -0.05) is 32.4 Å². The van der Waals surface area contributed by atoms with Crippen molar-refractivity contribution < 1.29 is 19.4 Å². The maximum Gasteiger partial charge on any atom is 0.407 e. The molecule has 7 heteroatoms. The van der Waals surface area contributed by atoms with Crippen molar-refractivity contribution in [3.8, 4) is 0 Å². The molecule has 1 aromatic carbocycles. The molecular weight excluding hydrogens is 404 g/mol. The first-order valence-electron chi connectivity index (χ1n) is 10.9. The van der Waals surface area contributed by atoms with Crippen LogP contribution < -0.4 is 0 Å². The summed E-state index contributed by atoms with van der Waals surface area (Å²) in [5.41, 5.74) is 3.00. The highest BCUT2D eigenvalue weighted by Crippen LogP contribution is 2.48. The van der Waals surface area contributed by atoms with E-state index in [2.05, 4.69) is 20.8 Å². The van der Waals surface area contributed by atoms with Gasteiger partial charge in [0.1, 0.15) is 0 Å². The fraction of sp³-hybridized carbons (Fsp3) is 0.652. The molecule has 0 radical (unpaired) electrons. The van der Waals surface area contributed by atoms with Crippen LogP contribution in [0, 0.1) is 11.3 Å². The van der Waals surface area contributed by atoms with Crippen molar-refractivity contribution in [2.24, 2.45) is 11.3 Å². The first-order valence-corrected chi connectivity index (χ1v) is 11.3. The fourth-order valence-corrected chi connectivity index (χ4v) is 5.71. The Hall–Kier alpha value is -1.79. The molecule has 0 aromatic heterocycles. The van der Waals surface area contributed by atoms with Crippen LogP contribution in [0.15, 0.2) is 12.1 Å². The number of fused-ring (bicyclic) bond motifs is 1. The molecule has 3 atom stereocenters. The number of hydrogen-bond acceptors (Lipinski definition) is 3. The minimum Gasteiger partial charge on any atom is -0.465 e. The van der Waals surface area contributed by atoms with Gasteiger partial charge in [-0.15, -0.1) is 0 Å². The second-order valence-electron chi connectivity index (χ2n) is 9.81. The molecule has 0 saturated carbocycles. The minimum atomic E-state index is -0.898. The molecule has 3 unspecified atom stereocenters. The third-order valence-electron chi connectivity index (χ3n) is 6.71. The Balaban J connectivity index is 1.82. The molecule has 0 spiro atoms. The van der Waals surface area contributed by atoms with Gasteiger partial charge in [0.2, 0.25) is 5.91 Å². The van der Waals surface area contributed by atoms with Crippen LogP contribution in [-0.2, 0) is 16.0 Å². The highest BCUT2D eigenvalue weighted by Gasteiger charge is 2.44. The number of nitrogens with zero attached hydrogens (tertiary/aromatic N) is 2. The van der Waals surface area contributed by atoms with Crippen molar-refractivity contribution in [2.45, 2.75) is 58.5 Å². The molecule has 4 rings (SSSR count). The molecule has 1 N–H and O–H groups in total. The first-order chi connectivity index (χ1) is 14.2. The molecule has 30 heavy (non-hydrogen) atoms. The lowest BCUT2D eigenvalue weighted by molar-refractivity contribution is -0.141. The van der Waals surface area contributed by atoms with Gasteiger partial charge in [-0.05, 0) is 59.9 Å². The van der Waals surface area contributed by atoms with E-state index in [4.69, 9.17) is 16.3 Å². The number of rotatable bonds is 2. The SMILES string of the molecule is CC(C)(C)C1c2c(cc(Cl)cc2C2CCCN2C(=O)O)CCN1C(=O)C1CCOC1. The van der Waals surface area contributed by atoms with Gasteiger partial charge in [0.25, 0.3) is 0 Å². The third-order valence-corrected chi connectivity index (χ3v) is 6.93. The van der Waals surface area contributed by atoms with E-state index in [1.54, 1.807) is 0 Å². The van der Waals surface area contributed by atoms with Gasteiger partial charge >= 0.3 is 6.09 Å². The molecule has 164 valence electrons. The Labute approximate surface area is 183 Å². The van der Waals surface area contributed by atoms with Crippen molar-refractivity contribution in [1.29, 1.82) is 0 Å². The zero-order valence-corrected chi connectivity index (χ0v) is 18.7. The highest BCUT2D eigenvalue weighted by atomic mass is 35.5. The van der Waals surface area contributed by atoms with E-state index in [0.717, 1.165) is 42.4 Å². The fourth-order valence-electron chi connectivity index (χ4n) is 5.46. The summed E-state index contributed by atoms with van der Waals surface area (Å²) in [7, 11) is 0. The smallest absolute Gasteiger partial charge is 0.407 e. The standard InChI is InChI=1S/C23H31ClN2O4/c1-23(2,3)20-19-14(6-9-26(20)21(27)15-7-10-30-13-15)11-16(24)12-17(19)18-5-4-8-25(18)22(28)29/h11-12,15,18,20H,4-10,13H2,1-3H3,(H,28,29). The predicted octanol–water partition coefficient (Wildman–Crippen LogP) is 4.66. The zero-order valence-electron chi connectivity index (χ0n) is 18.0. The van der Waals surface area contributed by atoms with Gasteiger partial charge in [0.15, 0.2) is 0 Å². The largest absolute Gasteiger partial charge is 0.465 e. The van der Waals surface area contributed by atoms with Crippen LogP contribution >= 0.6 is 11.6 Å². The second kappa shape index (κ2) is 8.04. The monoisotopic (exact) mass is 434 g/mol. The van der Waals surface area contributed by atoms with Gasteiger partial charge in [-0.2, -0.15) is 0 Å². The normalized spacial score (nSPS) is 26.7. The third kappa shape index (κ3) is 3.80. The topological polar surface area (TPSA) is 70.1 Å². The maximum atomic E-state index is 13.5. The van der Waals surface area contributed by atoms with Crippen LogP contribution in [0.3, 0.4) is 0 Å². The van der Waals surface area contributed by atoms with Crippen LogP contribution in [0.25, 0.3) is 0 Å². The molecule has 2 amide bonds. The molecular formula is C23H31ClN2O4. The highest BCUT2D eigenvalue weighted by molar-refractivity contribution is 6.30. The van der Waals surface area contributed by atoms with Crippen molar-refractivity contribution in [3.05, 3.63) is 33.8 Å². The molecule has 3 aliphatic heterocycles. The van der Waals surface area contributed by atoms with Crippen LogP contribution in [0.5, 0.6) is 0 Å². The summed E-state index contributed by atoms with van der Waals surface area (Å²) in [6.07, 6.45) is 2.21. The van der Waals surface area contributed by atoms with Gasteiger partial charge in [-0.25, -0.2) is 4.79 Å². The summed E-state index contributed by atoms with van der Waals surface area (Å²) in [6, 6.07) is 3.58. The Morgan fingerprint density at radius 2 is 1.93 bits per heavy atom. The van der Waals surface area contributed by atoms with Crippen LogP contribution in [0.4, 0.5) is 4.79 Å². The summed E-state index contributed by atoms with van der Waals surface area (Å²) < 4.78 is 5.48. The van der Waals surface area contributed by atoms with E-state index in [9.17, 15) is 14.7 Å². The van der Waals surface area contributed by atoms with Crippen molar-refractivity contribution in [1.82, 2.24) is 9.80 Å². The lowest BCUT2D eigenvalue weighted by Crippen LogP contribution is -2.48. The van der Waals surface area contributed by atoms with Crippen molar-refractivity contribution >= 4 is 23.6 Å². The number of ether oxygens (including phenoxy) is 1. The van der Waals surface area contributed by atoms with Gasteiger partial charge in [-0.3, -0.25) is 4.79 Å². The maximum absolute atomic E-state index is 13.5. The molecule has 2 fully saturated rings. The van der Waals surface area contributed by atoms with E-state index in [1.807, 2.05) is 17.0 Å². The quantitative estimate of drug-likeness (QED) is 0.734. The molecule has 6 nitrogen and oxygen atoms in total. The lowest BCUT2D eigenvalue weighted by Gasteiger charge is -2.47. The predicted molar refractivity (Wildman–Crippen MR) is 115 cm³/mol. The number of benzene rings is 1. The van der Waals surface area contributed by atoms with Crippen LogP contribution in [0.1, 0.15) is 68.8 Å². The van der Waals surface area contributed by atoms with E-state index >= 15 is 0 Å². The average Bonchev–Trinajstić information content (AvgIpc) is 3.36. The number of carbonyl (C=O) groups is 2. The number of amides is 2. The Kier molecular flexibility index (Phi) is 5.75. The van der Waals surface area contributed by atoms with Gasteiger partial charge in [0, 0.05) is 24.7 Å². The second-order valence-corrected chi connectivity index (χ2v) is 10.2. The molecule has 0 bridgehead atoms. The number of hydrogen-bond donors (Lipinski definition) is 1. The van der Waals surface area contributed by atoms with Crippen LogP contribution in [-0.4, -0.2) is 53.2 Å². The lowest BCUT2D eigenvalue weighted by atomic mass is 9.73. The average molecular weight is 435 g/mol.